The second-order valence-electron chi connectivity index (χ2n) is 7.64. The number of H-pyrrole nitrogens is 1. The molecule has 9 nitrogen and oxygen atoms in total. The van der Waals surface area contributed by atoms with E-state index in [2.05, 4.69) is 15.2 Å². The minimum atomic E-state index is -0.457. The van der Waals surface area contributed by atoms with Crippen LogP contribution < -0.4 is 10.1 Å². The zero-order chi connectivity index (χ0) is 21.5. The molecule has 3 N–H and O–H groups in total. The second-order valence-corrected chi connectivity index (χ2v) is 7.64. The number of halogens is 2. The maximum atomic E-state index is 13.0. The molecule has 0 bridgehead atoms. The zero-order valence-corrected chi connectivity index (χ0v) is 19.0. The van der Waals surface area contributed by atoms with Crippen LogP contribution in [-0.2, 0) is 6.54 Å². The first-order valence-electron chi connectivity index (χ1n) is 9.99. The lowest BCUT2D eigenvalue weighted by Gasteiger charge is -2.27. The first kappa shape index (κ1) is 24.5. The summed E-state index contributed by atoms with van der Waals surface area (Å²) < 4.78 is 5.93. The SMILES string of the molecule is Cl.Cl.O=C1/C(=C/c2c[nH]c3ccc([N+](=O)[O-])cc23)Oc2c1ccc(O)c2CN1CCNCC1. The van der Waals surface area contributed by atoms with Gasteiger partial charge in [0.25, 0.3) is 5.69 Å². The van der Waals surface area contributed by atoms with E-state index in [0.717, 1.165) is 31.7 Å². The molecule has 0 aliphatic carbocycles. The number of hydrogen-bond acceptors (Lipinski definition) is 7. The molecule has 0 atom stereocenters. The largest absolute Gasteiger partial charge is 0.507 e. The quantitative estimate of drug-likeness (QED) is 0.288. The summed E-state index contributed by atoms with van der Waals surface area (Å²) in [7, 11) is 0. The number of carbonyl (C=O) groups excluding carboxylic acids is 1. The van der Waals surface area contributed by atoms with Crippen molar-refractivity contribution in [1.29, 1.82) is 0 Å². The molecule has 0 saturated carbocycles. The Balaban J connectivity index is 0.00000153. The molecule has 1 fully saturated rings. The smallest absolute Gasteiger partial charge is 0.270 e. The van der Waals surface area contributed by atoms with E-state index < -0.39 is 4.92 Å². The van der Waals surface area contributed by atoms with E-state index in [1.54, 1.807) is 24.4 Å². The van der Waals surface area contributed by atoms with E-state index in [4.69, 9.17) is 4.74 Å². The van der Waals surface area contributed by atoms with Crippen molar-refractivity contribution < 1.29 is 19.6 Å². The van der Waals surface area contributed by atoms with Gasteiger partial charge in [0.15, 0.2) is 5.76 Å². The molecule has 3 aromatic rings. The summed E-state index contributed by atoms with van der Waals surface area (Å²) in [6.45, 7) is 3.90. The normalized spacial score (nSPS) is 16.7. The summed E-state index contributed by atoms with van der Waals surface area (Å²) in [5.41, 5.74) is 2.29. The van der Waals surface area contributed by atoms with Gasteiger partial charge in [-0.1, -0.05) is 0 Å². The predicted octanol–water partition coefficient (Wildman–Crippen LogP) is 3.65. The van der Waals surface area contributed by atoms with E-state index in [1.807, 2.05) is 0 Å². The zero-order valence-electron chi connectivity index (χ0n) is 17.4. The number of piperazine rings is 1. The minimum absolute atomic E-state index is 0. The maximum Gasteiger partial charge on any atom is 0.270 e. The number of aromatic amines is 1. The average molecular weight is 493 g/mol. The monoisotopic (exact) mass is 492 g/mol. The van der Waals surface area contributed by atoms with Gasteiger partial charge in [0.05, 0.1) is 16.1 Å². The predicted molar refractivity (Wildman–Crippen MR) is 129 cm³/mol. The lowest BCUT2D eigenvalue weighted by Crippen LogP contribution is -2.42. The molecule has 2 aliphatic heterocycles. The second kappa shape index (κ2) is 9.80. The van der Waals surface area contributed by atoms with Gasteiger partial charge >= 0.3 is 0 Å². The van der Waals surface area contributed by atoms with Crippen LogP contribution in [0.15, 0.2) is 42.3 Å². The van der Waals surface area contributed by atoms with Crippen molar-refractivity contribution in [1.82, 2.24) is 15.2 Å². The molecule has 5 rings (SSSR count). The molecule has 0 unspecified atom stereocenters. The highest BCUT2D eigenvalue weighted by Gasteiger charge is 2.32. The maximum absolute atomic E-state index is 13.0. The van der Waals surface area contributed by atoms with E-state index in [9.17, 15) is 20.0 Å². The number of phenolic OH excluding ortho intramolecular Hbond substituents is 1. The molecule has 2 aliphatic rings. The number of benzene rings is 2. The molecule has 0 radical (unpaired) electrons. The highest BCUT2D eigenvalue weighted by Crippen LogP contribution is 2.40. The highest BCUT2D eigenvalue weighted by atomic mass is 35.5. The molecule has 174 valence electrons. The Labute approximate surface area is 201 Å². The fourth-order valence-electron chi connectivity index (χ4n) is 4.05. The van der Waals surface area contributed by atoms with Crippen LogP contribution >= 0.6 is 24.8 Å². The number of aromatic nitrogens is 1. The Hall–Kier alpha value is -3.11. The molecular formula is C22H22Cl2N4O5. The minimum Gasteiger partial charge on any atom is -0.507 e. The Morgan fingerprint density at radius 3 is 2.67 bits per heavy atom. The number of ether oxygens (including phenoxy) is 1. The number of non-ortho nitro benzene ring substituents is 1. The van der Waals surface area contributed by atoms with Crippen molar-refractivity contribution >= 4 is 53.3 Å². The van der Waals surface area contributed by atoms with Crippen LogP contribution in [0.1, 0.15) is 21.5 Å². The van der Waals surface area contributed by atoms with Crippen LogP contribution in [0.25, 0.3) is 17.0 Å². The fraction of sp³-hybridized carbons (Fsp3) is 0.227. The van der Waals surface area contributed by atoms with Crippen molar-refractivity contribution in [3.05, 3.63) is 69.1 Å². The summed E-state index contributed by atoms with van der Waals surface area (Å²) in [4.78, 5) is 28.9. The lowest BCUT2D eigenvalue weighted by molar-refractivity contribution is -0.384. The first-order valence-corrected chi connectivity index (χ1v) is 9.99. The van der Waals surface area contributed by atoms with Gasteiger partial charge in [-0.3, -0.25) is 19.8 Å². The van der Waals surface area contributed by atoms with Crippen LogP contribution in [0.3, 0.4) is 0 Å². The number of aromatic hydroxyl groups is 1. The van der Waals surface area contributed by atoms with Gasteiger partial charge in [-0.15, -0.1) is 24.8 Å². The van der Waals surface area contributed by atoms with Crippen LogP contribution in [0.2, 0.25) is 0 Å². The number of allylic oxidation sites excluding steroid dienone is 1. The van der Waals surface area contributed by atoms with Crippen LogP contribution in [0.5, 0.6) is 11.5 Å². The number of nitrogens with zero attached hydrogens (tertiary/aromatic N) is 2. The van der Waals surface area contributed by atoms with Crippen molar-refractivity contribution in [3.8, 4) is 11.5 Å². The van der Waals surface area contributed by atoms with Gasteiger partial charge in [0.2, 0.25) is 5.78 Å². The Morgan fingerprint density at radius 1 is 1.18 bits per heavy atom. The van der Waals surface area contributed by atoms with Crippen molar-refractivity contribution in [3.63, 3.8) is 0 Å². The standard InChI is InChI=1S/C22H20N4O5.2ClH/c27-19-4-2-15-21(28)20(31-22(15)17(19)12-25-7-5-23-6-8-25)9-13-11-24-18-3-1-14(26(29)30)10-16(13)18;;/h1-4,9-11,23-24,27H,5-8,12H2;2*1H/b20-9-;;. The van der Waals surface area contributed by atoms with E-state index >= 15 is 0 Å². The molecule has 3 heterocycles. The van der Waals surface area contributed by atoms with Gasteiger partial charge in [-0.25, -0.2) is 0 Å². The van der Waals surface area contributed by atoms with E-state index in [0.29, 0.717) is 34.4 Å². The molecule has 1 saturated heterocycles. The fourth-order valence-corrected chi connectivity index (χ4v) is 4.05. The third kappa shape index (κ3) is 4.53. The van der Waals surface area contributed by atoms with Gasteiger partial charge in [-0.05, 0) is 24.3 Å². The van der Waals surface area contributed by atoms with E-state index in [1.165, 1.54) is 18.2 Å². The molecule has 2 aromatic carbocycles. The Bertz CT molecular complexity index is 1250. The number of rotatable bonds is 4. The molecular weight excluding hydrogens is 471 g/mol. The van der Waals surface area contributed by atoms with Gasteiger partial charge in [0.1, 0.15) is 11.5 Å². The van der Waals surface area contributed by atoms with E-state index in [-0.39, 0.29) is 47.8 Å². The van der Waals surface area contributed by atoms with Crippen molar-refractivity contribution in [2.45, 2.75) is 6.54 Å². The molecule has 1 aromatic heterocycles. The summed E-state index contributed by atoms with van der Waals surface area (Å²) in [6.07, 6.45) is 3.26. The van der Waals surface area contributed by atoms with Gasteiger partial charge in [-0.2, -0.15) is 0 Å². The molecule has 0 spiro atoms. The van der Waals surface area contributed by atoms with Crippen LogP contribution in [-0.4, -0.2) is 51.9 Å². The number of phenols is 1. The number of nitrogens with one attached hydrogen (secondary N) is 2. The van der Waals surface area contributed by atoms with Crippen molar-refractivity contribution in [2.75, 3.05) is 26.2 Å². The number of nitro benzene ring substituents is 1. The highest BCUT2D eigenvalue weighted by molar-refractivity contribution is 6.15. The Kier molecular flexibility index (Phi) is 7.28. The van der Waals surface area contributed by atoms with Gasteiger partial charge in [0, 0.05) is 67.5 Å². The summed E-state index contributed by atoms with van der Waals surface area (Å²) in [5, 5.41) is 25.5. The molecule has 11 heteroatoms. The first-order chi connectivity index (χ1) is 15.0. The third-order valence-electron chi connectivity index (χ3n) is 5.70. The number of hydrogen-bond donors (Lipinski definition) is 3. The number of ketones is 1. The topological polar surface area (TPSA) is 121 Å². The molecule has 33 heavy (non-hydrogen) atoms. The number of nitro groups is 1. The summed E-state index contributed by atoms with van der Waals surface area (Å²) in [5.74, 6) is 0.306. The average Bonchev–Trinajstić information content (AvgIpc) is 3.32. The van der Waals surface area contributed by atoms with Gasteiger partial charge < -0.3 is 20.1 Å². The third-order valence-corrected chi connectivity index (χ3v) is 5.70. The lowest BCUT2D eigenvalue weighted by atomic mass is 10.0. The Morgan fingerprint density at radius 2 is 1.94 bits per heavy atom. The molecule has 0 amide bonds. The van der Waals surface area contributed by atoms with Crippen LogP contribution in [0.4, 0.5) is 5.69 Å². The van der Waals surface area contributed by atoms with Crippen LogP contribution in [0, 0.1) is 10.1 Å². The number of Topliss-reactive ketones (excluding diaryl/α,β-unsaturated/α-hetero) is 1. The summed E-state index contributed by atoms with van der Waals surface area (Å²) >= 11 is 0. The number of carbonyl (C=O) groups is 1. The number of fused-ring (bicyclic) bond motifs is 2. The van der Waals surface area contributed by atoms with Crippen molar-refractivity contribution in [2.24, 2.45) is 0 Å². The summed E-state index contributed by atoms with van der Waals surface area (Å²) in [6, 6.07) is 7.61.